The van der Waals surface area contributed by atoms with Crippen LogP contribution in [-0.2, 0) is 24.9 Å². The summed E-state index contributed by atoms with van der Waals surface area (Å²) in [7, 11) is 3.21. The smallest absolute Gasteiger partial charge is 0.332 e. The maximum atomic E-state index is 13.1. The Hall–Kier alpha value is -2.87. The molecule has 0 unspecified atom stereocenters. The lowest BCUT2D eigenvalue weighted by molar-refractivity contribution is 0.184. The van der Waals surface area contributed by atoms with Gasteiger partial charge in [-0.05, 0) is 43.5 Å². The van der Waals surface area contributed by atoms with Crippen LogP contribution in [0.25, 0.3) is 11.2 Å². The Morgan fingerprint density at radius 2 is 1.93 bits per heavy atom. The van der Waals surface area contributed by atoms with Gasteiger partial charge in [-0.2, -0.15) is 4.98 Å². The summed E-state index contributed by atoms with van der Waals surface area (Å²) in [6, 6.07) is 6.31. The Kier molecular flexibility index (Phi) is 4.58. The minimum absolute atomic E-state index is 0.222. The number of nitrogens with zero attached hydrogens (tertiary/aromatic N) is 5. The highest BCUT2D eigenvalue weighted by Crippen LogP contribution is 2.31. The fourth-order valence-corrected chi connectivity index (χ4v) is 3.78. The summed E-state index contributed by atoms with van der Waals surface area (Å²) in [6.45, 7) is 6.21. The summed E-state index contributed by atoms with van der Waals surface area (Å²) in [5.74, 6) is 0.709. The molecule has 0 saturated heterocycles. The van der Waals surface area contributed by atoms with Gasteiger partial charge in [0.2, 0.25) is 5.95 Å². The van der Waals surface area contributed by atoms with Gasteiger partial charge in [0, 0.05) is 32.9 Å². The standard InChI is InChI=1S/C20H25N5O3/c1-13-6-7-15(12-14(13)2)23-8-5-9-24-16-17(21-19(23)24)22(3)20(27)25(18(16)26)10-11-28-4/h6-7,12H,5,8-11H2,1-4H3. The molecule has 0 aliphatic carbocycles. The van der Waals surface area contributed by atoms with E-state index >= 15 is 0 Å². The predicted octanol–water partition coefficient (Wildman–Crippen LogP) is 1.70. The molecule has 0 N–H and O–H groups in total. The zero-order valence-corrected chi connectivity index (χ0v) is 16.7. The van der Waals surface area contributed by atoms with E-state index in [4.69, 9.17) is 9.72 Å². The van der Waals surface area contributed by atoms with Crippen molar-refractivity contribution in [2.24, 2.45) is 7.05 Å². The van der Waals surface area contributed by atoms with Gasteiger partial charge in [-0.1, -0.05) is 6.07 Å². The van der Waals surface area contributed by atoms with Crippen molar-refractivity contribution in [1.29, 1.82) is 0 Å². The Bertz CT molecular complexity index is 1170. The number of methoxy groups -OCH3 is 1. The summed E-state index contributed by atoms with van der Waals surface area (Å²) in [4.78, 5) is 32.6. The number of aryl methyl sites for hydroxylation is 4. The Balaban J connectivity index is 1.94. The fourth-order valence-electron chi connectivity index (χ4n) is 3.78. The van der Waals surface area contributed by atoms with Crippen LogP contribution in [-0.4, -0.2) is 38.9 Å². The maximum absolute atomic E-state index is 13.1. The number of hydrogen-bond acceptors (Lipinski definition) is 5. The van der Waals surface area contributed by atoms with Crippen LogP contribution in [0.15, 0.2) is 27.8 Å². The van der Waals surface area contributed by atoms with Gasteiger partial charge in [0.1, 0.15) is 0 Å². The number of imidazole rings is 1. The van der Waals surface area contributed by atoms with Gasteiger partial charge in [-0.25, -0.2) is 4.79 Å². The topological polar surface area (TPSA) is 74.3 Å². The molecule has 3 aromatic rings. The van der Waals surface area contributed by atoms with Gasteiger partial charge in [0.25, 0.3) is 5.56 Å². The third-order valence-electron chi connectivity index (χ3n) is 5.54. The van der Waals surface area contributed by atoms with Gasteiger partial charge in [-0.3, -0.25) is 13.9 Å². The second-order valence-electron chi connectivity index (χ2n) is 7.30. The number of rotatable bonds is 4. The summed E-state index contributed by atoms with van der Waals surface area (Å²) >= 11 is 0. The van der Waals surface area contributed by atoms with E-state index in [0.29, 0.717) is 30.3 Å². The predicted molar refractivity (Wildman–Crippen MR) is 109 cm³/mol. The normalized spacial score (nSPS) is 13.9. The van der Waals surface area contributed by atoms with Crippen LogP contribution >= 0.6 is 0 Å². The van der Waals surface area contributed by atoms with E-state index in [1.807, 2.05) is 4.57 Å². The molecule has 28 heavy (non-hydrogen) atoms. The molecule has 3 heterocycles. The maximum Gasteiger partial charge on any atom is 0.332 e. The molecule has 1 aliphatic rings. The minimum atomic E-state index is -0.372. The molecule has 0 radical (unpaired) electrons. The lowest BCUT2D eigenvalue weighted by atomic mass is 10.1. The first-order valence-corrected chi connectivity index (χ1v) is 9.48. The lowest BCUT2D eigenvalue weighted by Gasteiger charge is -2.29. The van der Waals surface area contributed by atoms with E-state index in [0.717, 1.165) is 18.7 Å². The van der Waals surface area contributed by atoms with E-state index in [1.165, 1.54) is 20.3 Å². The Morgan fingerprint density at radius 1 is 1.14 bits per heavy atom. The molecule has 8 heteroatoms. The highest BCUT2D eigenvalue weighted by molar-refractivity contribution is 5.77. The molecular formula is C20H25N5O3. The summed E-state index contributed by atoms with van der Waals surface area (Å²) in [5, 5.41) is 0. The molecular weight excluding hydrogens is 358 g/mol. The van der Waals surface area contributed by atoms with Gasteiger partial charge in [0.05, 0.1) is 13.2 Å². The van der Waals surface area contributed by atoms with Crippen molar-refractivity contribution >= 4 is 22.8 Å². The average Bonchev–Trinajstić information content (AvgIpc) is 3.08. The molecule has 0 amide bonds. The van der Waals surface area contributed by atoms with E-state index in [1.54, 1.807) is 14.2 Å². The zero-order valence-electron chi connectivity index (χ0n) is 16.7. The van der Waals surface area contributed by atoms with E-state index in [-0.39, 0.29) is 17.8 Å². The third-order valence-corrected chi connectivity index (χ3v) is 5.54. The molecule has 2 aromatic heterocycles. The summed E-state index contributed by atoms with van der Waals surface area (Å²) in [5.41, 5.74) is 3.71. The molecule has 0 atom stereocenters. The van der Waals surface area contributed by atoms with Gasteiger partial charge >= 0.3 is 5.69 Å². The van der Waals surface area contributed by atoms with Gasteiger partial charge < -0.3 is 14.2 Å². The van der Waals surface area contributed by atoms with Crippen LogP contribution in [0, 0.1) is 13.8 Å². The SMILES string of the molecule is COCCn1c(=O)c2c(nc3n2CCCN3c2ccc(C)c(C)c2)n(C)c1=O. The second kappa shape index (κ2) is 6.94. The fraction of sp³-hybridized carbons (Fsp3) is 0.450. The number of hydrogen-bond donors (Lipinski definition) is 0. The largest absolute Gasteiger partial charge is 0.383 e. The zero-order chi connectivity index (χ0) is 20.0. The van der Waals surface area contributed by atoms with Crippen molar-refractivity contribution in [2.45, 2.75) is 33.4 Å². The molecule has 148 valence electrons. The van der Waals surface area contributed by atoms with E-state index in [9.17, 15) is 9.59 Å². The second-order valence-corrected chi connectivity index (χ2v) is 7.30. The highest BCUT2D eigenvalue weighted by Gasteiger charge is 2.27. The van der Waals surface area contributed by atoms with Crippen molar-refractivity contribution in [3.8, 4) is 0 Å². The highest BCUT2D eigenvalue weighted by atomic mass is 16.5. The molecule has 0 saturated carbocycles. The van der Waals surface area contributed by atoms with Crippen molar-refractivity contribution in [3.63, 3.8) is 0 Å². The number of anilines is 2. The molecule has 1 aliphatic heterocycles. The van der Waals surface area contributed by atoms with Crippen LogP contribution in [0.3, 0.4) is 0 Å². The van der Waals surface area contributed by atoms with Gasteiger partial charge in [0.15, 0.2) is 11.2 Å². The van der Waals surface area contributed by atoms with Crippen molar-refractivity contribution < 1.29 is 4.74 Å². The first-order chi connectivity index (χ1) is 13.4. The van der Waals surface area contributed by atoms with Crippen molar-refractivity contribution in [1.82, 2.24) is 18.7 Å². The quantitative estimate of drug-likeness (QED) is 0.686. The van der Waals surface area contributed by atoms with Crippen LogP contribution in [0.1, 0.15) is 17.5 Å². The summed E-state index contributed by atoms with van der Waals surface area (Å²) in [6.07, 6.45) is 0.895. The van der Waals surface area contributed by atoms with Crippen LogP contribution in [0.4, 0.5) is 11.6 Å². The number of ether oxygens (including phenoxy) is 1. The number of aromatic nitrogens is 4. The monoisotopic (exact) mass is 383 g/mol. The Morgan fingerprint density at radius 3 is 2.64 bits per heavy atom. The molecule has 0 spiro atoms. The minimum Gasteiger partial charge on any atom is -0.383 e. The number of fused-ring (bicyclic) bond motifs is 3. The van der Waals surface area contributed by atoms with E-state index in [2.05, 4.69) is 36.9 Å². The van der Waals surface area contributed by atoms with Crippen molar-refractivity contribution in [2.75, 3.05) is 25.2 Å². The van der Waals surface area contributed by atoms with Crippen LogP contribution in [0.2, 0.25) is 0 Å². The third kappa shape index (κ3) is 2.75. The van der Waals surface area contributed by atoms with Gasteiger partial charge in [-0.15, -0.1) is 0 Å². The molecule has 8 nitrogen and oxygen atoms in total. The van der Waals surface area contributed by atoms with E-state index < -0.39 is 0 Å². The first kappa shape index (κ1) is 18.5. The van der Waals surface area contributed by atoms with Crippen LogP contribution in [0.5, 0.6) is 0 Å². The molecule has 0 bridgehead atoms. The van der Waals surface area contributed by atoms with Crippen LogP contribution < -0.4 is 16.1 Å². The first-order valence-electron chi connectivity index (χ1n) is 9.48. The number of benzene rings is 1. The average molecular weight is 383 g/mol. The summed E-state index contributed by atoms with van der Waals surface area (Å²) < 4.78 is 9.69. The molecule has 1 aromatic carbocycles. The molecule has 4 rings (SSSR count). The molecule has 0 fully saturated rings. The lowest BCUT2D eigenvalue weighted by Crippen LogP contribution is -2.40. The Labute approximate surface area is 162 Å². The van der Waals surface area contributed by atoms with Crippen molar-refractivity contribution in [3.05, 3.63) is 50.2 Å².